The molecule has 0 saturated carbocycles. The fraction of sp³-hybridized carbons (Fsp3) is 0.250. The molecule has 0 aliphatic rings. The number of nitro groups is 1. The van der Waals surface area contributed by atoms with Gasteiger partial charge in [-0.25, -0.2) is 0 Å². The molecule has 8 nitrogen and oxygen atoms in total. The molecule has 0 atom stereocenters. The van der Waals surface area contributed by atoms with E-state index in [0.29, 0.717) is 0 Å². The lowest BCUT2D eigenvalue weighted by molar-refractivity contribution is -0.384. The van der Waals surface area contributed by atoms with Crippen LogP contribution < -0.4 is 11.1 Å². The highest BCUT2D eigenvalue weighted by atomic mass is 16.6. The Morgan fingerprint density at radius 1 is 1.69 bits per heavy atom. The summed E-state index contributed by atoms with van der Waals surface area (Å²) in [6.45, 7) is 0.223. The zero-order valence-corrected chi connectivity index (χ0v) is 8.32. The molecule has 5 N–H and O–H groups in total. The number of H-pyrrole nitrogens is 1. The van der Waals surface area contributed by atoms with E-state index in [1.165, 1.54) is 0 Å². The van der Waals surface area contributed by atoms with Crippen molar-refractivity contribution in [2.45, 2.75) is 6.42 Å². The van der Waals surface area contributed by atoms with Crippen LogP contribution >= 0.6 is 0 Å². The Bertz CT molecular complexity index is 425. The van der Waals surface area contributed by atoms with E-state index < -0.39 is 10.8 Å². The number of rotatable bonds is 5. The van der Waals surface area contributed by atoms with Gasteiger partial charge in [-0.15, -0.1) is 0 Å². The Hall–Kier alpha value is -2.38. The Morgan fingerprint density at radius 2 is 2.38 bits per heavy atom. The lowest BCUT2D eigenvalue weighted by atomic mass is 10.3. The number of hydrogen-bond donors (Lipinski definition) is 4. The second-order valence-electron chi connectivity index (χ2n) is 3.06. The van der Waals surface area contributed by atoms with Crippen LogP contribution in [0.1, 0.15) is 16.9 Å². The van der Waals surface area contributed by atoms with Crippen LogP contribution in [0.4, 0.5) is 5.69 Å². The van der Waals surface area contributed by atoms with Crippen LogP contribution in [0.15, 0.2) is 12.3 Å². The van der Waals surface area contributed by atoms with E-state index in [4.69, 9.17) is 11.1 Å². The highest BCUT2D eigenvalue weighted by Gasteiger charge is 2.13. The van der Waals surface area contributed by atoms with Gasteiger partial charge in [-0.2, -0.15) is 0 Å². The van der Waals surface area contributed by atoms with Crippen LogP contribution in [-0.4, -0.2) is 28.2 Å². The summed E-state index contributed by atoms with van der Waals surface area (Å²) in [7, 11) is 0. The molecule has 0 fully saturated rings. The van der Waals surface area contributed by atoms with Crippen LogP contribution in [0.25, 0.3) is 0 Å². The van der Waals surface area contributed by atoms with Crippen molar-refractivity contribution < 1.29 is 9.72 Å². The minimum atomic E-state index is -0.594. The maximum absolute atomic E-state index is 11.4. The molecular formula is C8H11N5O3. The summed E-state index contributed by atoms with van der Waals surface area (Å²) in [5.41, 5.74) is 5.03. The van der Waals surface area contributed by atoms with Crippen LogP contribution in [0.5, 0.6) is 0 Å². The van der Waals surface area contributed by atoms with Gasteiger partial charge in [-0.05, 0) is 0 Å². The van der Waals surface area contributed by atoms with Crippen molar-refractivity contribution >= 4 is 17.4 Å². The number of hydrogen-bond acceptors (Lipinski definition) is 4. The third kappa shape index (κ3) is 3.08. The summed E-state index contributed by atoms with van der Waals surface area (Å²) in [4.78, 5) is 23.6. The Kier molecular flexibility index (Phi) is 3.59. The number of amidine groups is 1. The van der Waals surface area contributed by atoms with E-state index in [1.54, 1.807) is 0 Å². The molecule has 1 amide bonds. The molecule has 1 rings (SSSR count). The first-order valence-corrected chi connectivity index (χ1v) is 4.44. The summed E-state index contributed by atoms with van der Waals surface area (Å²) in [6.07, 6.45) is 1.38. The standard InChI is InChI=1S/C8H11N5O3/c9-7(10)1-2-11-8(14)6-3-5(4-12-6)13(15)16/h3-4,12H,1-2H2,(H3,9,10)(H,11,14). The first-order chi connectivity index (χ1) is 7.50. The van der Waals surface area contributed by atoms with Crippen LogP contribution in [-0.2, 0) is 0 Å². The first kappa shape index (κ1) is 11.7. The van der Waals surface area contributed by atoms with Gasteiger partial charge < -0.3 is 16.0 Å². The van der Waals surface area contributed by atoms with Crippen molar-refractivity contribution in [1.29, 1.82) is 5.41 Å². The quantitative estimate of drug-likeness (QED) is 0.242. The third-order valence-corrected chi connectivity index (χ3v) is 1.80. The van der Waals surface area contributed by atoms with Gasteiger partial charge in [0, 0.05) is 19.0 Å². The van der Waals surface area contributed by atoms with Crippen molar-refractivity contribution in [2.75, 3.05) is 6.54 Å². The molecule has 0 saturated heterocycles. The van der Waals surface area contributed by atoms with Gasteiger partial charge in [0.2, 0.25) is 0 Å². The van der Waals surface area contributed by atoms with Crippen molar-refractivity contribution in [2.24, 2.45) is 5.73 Å². The molecule has 1 aromatic heterocycles. The molecule has 16 heavy (non-hydrogen) atoms. The number of nitrogens with two attached hydrogens (primary N) is 1. The van der Waals surface area contributed by atoms with E-state index in [9.17, 15) is 14.9 Å². The highest BCUT2D eigenvalue weighted by molar-refractivity contribution is 5.93. The maximum atomic E-state index is 11.4. The molecule has 0 unspecified atom stereocenters. The SMILES string of the molecule is N=C(N)CCNC(=O)c1cc([N+](=O)[O-])c[nH]1. The van der Waals surface area contributed by atoms with Gasteiger partial charge in [0.1, 0.15) is 5.69 Å². The normalized spacial score (nSPS) is 9.75. The van der Waals surface area contributed by atoms with Crippen molar-refractivity contribution in [3.05, 3.63) is 28.1 Å². The summed E-state index contributed by atoms with van der Waals surface area (Å²) < 4.78 is 0. The monoisotopic (exact) mass is 225 g/mol. The topological polar surface area (TPSA) is 138 Å². The Morgan fingerprint density at radius 3 is 2.88 bits per heavy atom. The molecular weight excluding hydrogens is 214 g/mol. The van der Waals surface area contributed by atoms with Gasteiger partial charge in [0.15, 0.2) is 0 Å². The molecule has 0 aliphatic carbocycles. The average molecular weight is 225 g/mol. The Labute approximate surface area is 90.5 Å². The van der Waals surface area contributed by atoms with Crippen molar-refractivity contribution in [3.8, 4) is 0 Å². The number of nitrogens with zero attached hydrogens (tertiary/aromatic N) is 1. The lowest BCUT2D eigenvalue weighted by Crippen LogP contribution is -2.27. The number of carbonyl (C=O) groups excluding carboxylic acids is 1. The summed E-state index contributed by atoms with van der Waals surface area (Å²) in [5, 5.41) is 19.8. The van der Waals surface area contributed by atoms with Crippen LogP contribution in [0.3, 0.4) is 0 Å². The van der Waals surface area contributed by atoms with E-state index in [0.717, 1.165) is 12.3 Å². The van der Waals surface area contributed by atoms with Crippen LogP contribution in [0.2, 0.25) is 0 Å². The predicted octanol–water partition coefficient (Wildman–Crippen LogP) is -0.0212. The van der Waals surface area contributed by atoms with Crippen molar-refractivity contribution in [1.82, 2.24) is 10.3 Å². The largest absolute Gasteiger partial charge is 0.388 e. The molecule has 0 bridgehead atoms. The minimum Gasteiger partial charge on any atom is -0.388 e. The van der Waals surface area contributed by atoms with Gasteiger partial charge >= 0.3 is 0 Å². The zero-order chi connectivity index (χ0) is 12.1. The summed E-state index contributed by atoms with van der Waals surface area (Å²) >= 11 is 0. The second-order valence-corrected chi connectivity index (χ2v) is 3.06. The van der Waals surface area contributed by atoms with Gasteiger partial charge in [-0.3, -0.25) is 20.3 Å². The molecule has 1 heterocycles. The fourth-order valence-electron chi connectivity index (χ4n) is 1.03. The predicted molar refractivity (Wildman–Crippen MR) is 56.3 cm³/mol. The second kappa shape index (κ2) is 4.91. The summed E-state index contributed by atoms with van der Waals surface area (Å²) in [5.74, 6) is -0.493. The lowest BCUT2D eigenvalue weighted by Gasteiger charge is -2.01. The van der Waals surface area contributed by atoms with Gasteiger partial charge in [0.25, 0.3) is 11.6 Å². The van der Waals surface area contributed by atoms with Gasteiger partial charge in [0.05, 0.1) is 17.0 Å². The molecule has 0 aliphatic heterocycles. The number of nitrogens with one attached hydrogen (secondary N) is 3. The van der Waals surface area contributed by atoms with Crippen molar-refractivity contribution in [3.63, 3.8) is 0 Å². The first-order valence-electron chi connectivity index (χ1n) is 4.44. The molecule has 0 radical (unpaired) electrons. The highest BCUT2D eigenvalue weighted by Crippen LogP contribution is 2.11. The number of aromatic amines is 1. The van der Waals surface area contributed by atoms with E-state index in [2.05, 4.69) is 10.3 Å². The van der Waals surface area contributed by atoms with Gasteiger partial charge in [-0.1, -0.05) is 0 Å². The molecule has 1 aromatic rings. The number of amides is 1. The molecule has 8 heteroatoms. The smallest absolute Gasteiger partial charge is 0.287 e. The minimum absolute atomic E-state index is 0.0298. The van der Waals surface area contributed by atoms with E-state index >= 15 is 0 Å². The van der Waals surface area contributed by atoms with Crippen LogP contribution in [0, 0.1) is 15.5 Å². The average Bonchev–Trinajstić information content (AvgIpc) is 2.65. The molecule has 0 spiro atoms. The molecule has 86 valence electrons. The number of carbonyl (C=O) groups is 1. The summed E-state index contributed by atoms with van der Waals surface area (Å²) in [6, 6.07) is 1.14. The third-order valence-electron chi connectivity index (χ3n) is 1.80. The fourth-order valence-corrected chi connectivity index (χ4v) is 1.03. The zero-order valence-electron chi connectivity index (χ0n) is 8.32. The Balaban J connectivity index is 2.53. The van der Waals surface area contributed by atoms with E-state index in [-0.39, 0.29) is 30.2 Å². The maximum Gasteiger partial charge on any atom is 0.287 e. The molecule has 0 aromatic carbocycles. The van der Waals surface area contributed by atoms with E-state index in [1.807, 2.05) is 0 Å². The number of aromatic nitrogens is 1.